The van der Waals surface area contributed by atoms with Crippen molar-refractivity contribution in [1.82, 2.24) is 14.3 Å². The number of pyridine rings is 1. The third kappa shape index (κ3) is 4.95. The Morgan fingerprint density at radius 1 is 1.26 bits per heavy atom. The van der Waals surface area contributed by atoms with Crippen LogP contribution in [-0.2, 0) is 16.1 Å². The van der Waals surface area contributed by atoms with Gasteiger partial charge in [0.05, 0.1) is 30.2 Å². The number of rotatable bonds is 7. The molecule has 1 N–H and O–H groups in total. The molecule has 0 unspecified atom stereocenters. The third-order valence-electron chi connectivity index (χ3n) is 5.95. The topological polar surface area (TPSA) is 85.2 Å². The second-order valence-electron chi connectivity index (χ2n) is 8.24. The Kier molecular flexibility index (Phi) is 6.85. The number of ether oxygens (including phenoxy) is 2. The lowest BCUT2D eigenvalue weighted by molar-refractivity contribution is -0.123. The van der Waals surface area contributed by atoms with Crippen molar-refractivity contribution in [2.45, 2.75) is 25.5 Å². The SMILES string of the molecule is COc1ccc(CNc2nc3ccccn3c(=O)c2/C=C2\SC(=S)N(C[C@H]3CCCO3)C2=O)cc1. The van der Waals surface area contributed by atoms with Gasteiger partial charge in [-0.15, -0.1) is 0 Å². The summed E-state index contributed by atoms with van der Waals surface area (Å²) in [5.41, 5.74) is 1.55. The lowest BCUT2D eigenvalue weighted by Crippen LogP contribution is -2.35. The van der Waals surface area contributed by atoms with Crippen LogP contribution in [0.25, 0.3) is 11.7 Å². The average Bonchev–Trinajstić information content (AvgIpc) is 3.49. The fourth-order valence-corrected chi connectivity index (χ4v) is 5.33. The summed E-state index contributed by atoms with van der Waals surface area (Å²) in [5, 5.41) is 3.27. The highest BCUT2D eigenvalue weighted by Gasteiger charge is 2.35. The minimum atomic E-state index is -0.266. The van der Waals surface area contributed by atoms with E-state index in [0.717, 1.165) is 24.2 Å². The zero-order valence-electron chi connectivity index (χ0n) is 19.1. The molecule has 8 nitrogen and oxygen atoms in total. The van der Waals surface area contributed by atoms with Crippen molar-refractivity contribution in [3.8, 4) is 5.75 Å². The van der Waals surface area contributed by atoms with Crippen LogP contribution < -0.4 is 15.6 Å². The third-order valence-corrected chi connectivity index (χ3v) is 7.33. The van der Waals surface area contributed by atoms with E-state index in [1.165, 1.54) is 16.2 Å². The van der Waals surface area contributed by atoms with E-state index < -0.39 is 0 Å². The van der Waals surface area contributed by atoms with Gasteiger partial charge in [-0.25, -0.2) is 4.98 Å². The molecule has 4 heterocycles. The number of nitrogens with zero attached hydrogens (tertiary/aromatic N) is 3. The summed E-state index contributed by atoms with van der Waals surface area (Å²) in [6.45, 7) is 1.58. The molecule has 35 heavy (non-hydrogen) atoms. The molecule has 10 heteroatoms. The second kappa shape index (κ2) is 10.2. The summed E-state index contributed by atoms with van der Waals surface area (Å²) < 4.78 is 12.8. The summed E-state index contributed by atoms with van der Waals surface area (Å²) in [4.78, 5) is 33.2. The number of benzene rings is 1. The van der Waals surface area contributed by atoms with Crippen molar-refractivity contribution in [3.05, 3.63) is 75.0 Å². The molecular weight excluding hydrogens is 484 g/mol. The quantitative estimate of drug-likeness (QED) is 0.382. The molecule has 1 amide bonds. The predicted molar refractivity (Wildman–Crippen MR) is 141 cm³/mol. The summed E-state index contributed by atoms with van der Waals surface area (Å²) in [6.07, 6.45) is 5.15. The number of carbonyl (C=O) groups excluding carboxylic acids is 1. The molecule has 2 aromatic heterocycles. The molecule has 2 fully saturated rings. The molecule has 0 aliphatic carbocycles. The Hall–Kier alpha value is -3.21. The first-order valence-electron chi connectivity index (χ1n) is 11.3. The highest BCUT2D eigenvalue weighted by atomic mass is 32.2. The fourth-order valence-electron chi connectivity index (χ4n) is 4.08. The van der Waals surface area contributed by atoms with Gasteiger partial charge < -0.3 is 14.8 Å². The van der Waals surface area contributed by atoms with Crippen LogP contribution in [0.1, 0.15) is 24.0 Å². The van der Waals surface area contributed by atoms with Gasteiger partial charge in [0.25, 0.3) is 11.5 Å². The number of hydrogen-bond acceptors (Lipinski definition) is 8. The van der Waals surface area contributed by atoms with E-state index >= 15 is 0 Å². The smallest absolute Gasteiger partial charge is 0.267 e. The standard InChI is InChI=1S/C25H24N4O4S2/c1-32-17-9-7-16(8-10-17)14-26-22-19(23(30)28-11-3-2-6-21(28)27-22)13-20-24(31)29(25(34)35-20)15-18-5-4-12-33-18/h2-3,6-11,13,18,26H,4-5,12,14-15H2,1H3/b20-13-/t18-/m1/s1. The summed E-state index contributed by atoms with van der Waals surface area (Å²) in [7, 11) is 1.62. The lowest BCUT2D eigenvalue weighted by Gasteiger charge is -2.18. The van der Waals surface area contributed by atoms with Crippen molar-refractivity contribution >= 4 is 51.7 Å². The van der Waals surface area contributed by atoms with Crippen LogP contribution in [0, 0.1) is 0 Å². The number of thiocarbonyl (C=S) groups is 1. The van der Waals surface area contributed by atoms with Crippen molar-refractivity contribution in [3.63, 3.8) is 0 Å². The highest BCUT2D eigenvalue weighted by molar-refractivity contribution is 8.26. The molecule has 0 spiro atoms. The molecule has 0 radical (unpaired) electrons. The van der Waals surface area contributed by atoms with Crippen LogP contribution in [0.2, 0.25) is 0 Å². The van der Waals surface area contributed by atoms with Gasteiger partial charge in [0.2, 0.25) is 0 Å². The van der Waals surface area contributed by atoms with Gasteiger partial charge in [-0.05, 0) is 48.7 Å². The van der Waals surface area contributed by atoms with Gasteiger partial charge in [-0.1, -0.05) is 42.2 Å². The first kappa shape index (κ1) is 23.5. The Balaban J connectivity index is 1.47. The Labute approximate surface area is 211 Å². The molecular formula is C25H24N4O4S2. The normalized spacial score (nSPS) is 19.2. The maximum atomic E-state index is 13.4. The van der Waals surface area contributed by atoms with E-state index in [-0.39, 0.29) is 17.6 Å². The van der Waals surface area contributed by atoms with Crippen LogP contribution in [0.4, 0.5) is 5.82 Å². The molecule has 1 aromatic carbocycles. The zero-order chi connectivity index (χ0) is 24.4. The molecule has 0 bridgehead atoms. The van der Waals surface area contributed by atoms with Crippen LogP contribution in [-0.4, -0.2) is 50.9 Å². The molecule has 3 aromatic rings. The van der Waals surface area contributed by atoms with E-state index in [0.29, 0.717) is 46.0 Å². The molecule has 180 valence electrons. The average molecular weight is 509 g/mol. The summed E-state index contributed by atoms with van der Waals surface area (Å²) in [6, 6.07) is 13.0. The molecule has 1 atom stereocenters. The molecule has 5 rings (SSSR count). The van der Waals surface area contributed by atoms with Gasteiger partial charge >= 0.3 is 0 Å². The van der Waals surface area contributed by atoms with Crippen LogP contribution in [0.5, 0.6) is 5.75 Å². The van der Waals surface area contributed by atoms with Crippen LogP contribution >= 0.6 is 24.0 Å². The highest BCUT2D eigenvalue weighted by Crippen LogP contribution is 2.34. The number of aromatic nitrogens is 2. The maximum Gasteiger partial charge on any atom is 0.267 e. The zero-order valence-corrected chi connectivity index (χ0v) is 20.7. The molecule has 2 aliphatic heterocycles. The first-order valence-corrected chi connectivity index (χ1v) is 12.5. The molecule has 2 saturated heterocycles. The largest absolute Gasteiger partial charge is 0.497 e. The number of amides is 1. The van der Waals surface area contributed by atoms with Crippen molar-refractivity contribution in [2.75, 3.05) is 25.6 Å². The number of fused-ring (bicyclic) bond motifs is 1. The number of carbonyl (C=O) groups is 1. The van der Waals surface area contributed by atoms with Gasteiger partial charge in [-0.3, -0.25) is 18.9 Å². The van der Waals surface area contributed by atoms with Crippen molar-refractivity contribution in [1.29, 1.82) is 0 Å². The first-order chi connectivity index (χ1) is 17.0. The van der Waals surface area contributed by atoms with Crippen LogP contribution in [0.15, 0.2) is 58.4 Å². The number of anilines is 1. The minimum Gasteiger partial charge on any atom is -0.497 e. The van der Waals surface area contributed by atoms with Gasteiger partial charge in [0.15, 0.2) is 0 Å². The monoisotopic (exact) mass is 508 g/mol. The number of thioether (sulfide) groups is 1. The molecule has 2 aliphatic rings. The Morgan fingerprint density at radius 3 is 2.83 bits per heavy atom. The summed E-state index contributed by atoms with van der Waals surface area (Å²) in [5.74, 6) is 0.956. The van der Waals surface area contributed by atoms with Crippen molar-refractivity contribution < 1.29 is 14.3 Å². The second-order valence-corrected chi connectivity index (χ2v) is 9.91. The Morgan fingerprint density at radius 2 is 2.09 bits per heavy atom. The number of hydrogen-bond donors (Lipinski definition) is 1. The Bertz CT molecular complexity index is 1360. The van der Waals surface area contributed by atoms with Gasteiger partial charge in [-0.2, -0.15) is 0 Å². The van der Waals surface area contributed by atoms with E-state index in [2.05, 4.69) is 10.3 Å². The van der Waals surface area contributed by atoms with Crippen molar-refractivity contribution in [2.24, 2.45) is 0 Å². The van der Waals surface area contributed by atoms with E-state index in [1.807, 2.05) is 30.3 Å². The summed E-state index contributed by atoms with van der Waals surface area (Å²) >= 11 is 6.67. The van der Waals surface area contributed by atoms with E-state index in [9.17, 15) is 9.59 Å². The fraction of sp³-hybridized carbons (Fsp3) is 0.280. The van der Waals surface area contributed by atoms with Gasteiger partial charge in [0.1, 0.15) is 21.5 Å². The minimum absolute atomic E-state index is 0.00784. The van der Waals surface area contributed by atoms with E-state index in [4.69, 9.17) is 21.7 Å². The lowest BCUT2D eigenvalue weighted by atomic mass is 10.2. The van der Waals surface area contributed by atoms with E-state index in [1.54, 1.807) is 36.4 Å². The van der Waals surface area contributed by atoms with Crippen LogP contribution in [0.3, 0.4) is 0 Å². The maximum absolute atomic E-state index is 13.4. The number of methoxy groups -OCH3 is 1. The van der Waals surface area contributed by atoms with Gasteiger partial charge in [0, 0.05) is 19.3 Å². The number of nitrogens with one attached hydrogen (secondary N) is 1. The predicted octanol–water partition coefficient (Wildman–Crippen LogP) is 3.70. The molecule has 0 saturated carbocycles.